The molecule has 0 aliphatic heterocycles. The molecule has 0 heterocycles. The Kier molecular flexibility index (Phi) is 6.45. The van der Waals surface area contributed by atoms with Crippen molar-refractivity contribution in [2.24, 2.45) is 0 Å². The lowest BCUT2D eigenvalue weighted by Crippen LogP contribution is -2.07. The van der Waals surface area contributed by atoms with Gasteiger partial charge in [0.15, 0.2) is 0 Å². The first-order valence-corrected chi connectivity index (χ1v) is 7.29. The minimum absolute atomic E-state index is 0.797. The zero-order chi connectivity index (χ0) is 12.7. The summed E-state index contributed by atoms with van der Waals surface area (Å²) in [5.41, 5.74) is 3.78. The monoisotopic (exact) mass is 253 g/mol. The van der Waals surface area contributed by atoms with Crippen LogP contribution in [0.5, 0.6) is 5.75 Å². The molecule has 0 aliphatic carbocycles. The Bertz CT molecular complexity index is 329. The van der Waals surface area contributed by atoms with Crippen molar-refractivity contribution in [1.29, 1.82) is 0 Å². The molecule has 0 bridgehead atoms. The second-order valence-corrected chi connectivity index (χ2v) is 5.53. The second kappa shape index (κ2) is 7.62. The average Bonchev–Trinajstić information content (AvgIpc) is 2.27. The van der Waals surface area contributed by atoms with Crippen molar-refractivity contribution in [3.63, 3.8) is 0 Å². The van der Waals surface area contributed by atoms with Gasteiger partial charge in [0.2, 0.25) is 0 Å². The zero-order valence-electron chi connectivity index (χ0n) is 11.3. The molecule has 1 rings (SSSR count). The molecule has 0 amide bonds. The molecule has 1 aromatic carbocycles. The molecule has 0 saturated carbocycles. The number of thioether (sulfide) groups is 1. The Balaban J connectivity index is 2.65. The van der Waals surface area contributed by atoms with Crippen molar-refractivity contribution in [1.82, 2.24) is 5.32 Å². The minimum atomic E-state index is 0.797. The quantitative estimate of drug-likeness (QED) is 0.754. The van der Waals surface area contributed by atoms with Crippen LogP contribution in [-0.4, -0.2) is 25.2 Å². The SMILES string of the molecule is CCSCCOc1c(C)cc(CNC)cc1C. The molecule has 0 unspecified atom stereocenters. The predicted octanol–water partition coefficient (Wildman–Crippen LogP) is 3.15. The highest BCUT2D eigenvalue weighted by molar-refractivity contribution is 7.99. The summed E-state index contributed by atoms with van der Waals surface area (Å²) in [6.07, 6.45) is 0. The fourth-order valence-corrected chi connectivity index (χ4v) is 2.41. The van der Waals surface area contributed by atoms with E-state index in [2.05, 4.69) is 38.2 Å². The first kappa shape index (κ1) is 14.4. The lowest BCUT2D eigenvalue weighted by Gasteiger charge is -2.14. The summed E-state index contributed by atoms with van der Waals surface area (Å²) in [7, 11) is 1.97. The number of nitrogens with one attached hydrogen (secondary N) is 1. The van der Waals surface area contributed by atoms with Crippen LogP contribution in [0.25, 0.3) is 0 Å². The van der Waals surface area contributed by atoms with E-state index in [9.17, 15) is 0 Å². The van der Waals surface area contributed by atoms with Gasteiger partial charge in [0.05, 0.1) is 6.61 Å². The molecule has 0 radical (unpaired) electrons. The molecule has 0 saturated heterocycles. The minimum Gasteiger partial charge on any atom is -0.492 e. The fourth-order valence-electron chi connectivity index (χ4n) is 1.92. The van der Waals surface area contributed by atoms with Crippen molar-refractivity contribution < 1.29 is 4.74 Å². The number of aryl methyl sites for hydroxylation is 2. The van der Waals surface area contributed by atoms with E-state index < -0.39 is 0 Å². The average molecular weight is 253 g/mol. The summed E-state index contributed by atoms with van der Waals surface area (Å²) >= 11 is 1.92. The van der Waals surface area contributed by atoms with E-state index in [0.29, 0.717) is 0 Å². The van der Waals surface area contributed by atoms with Gasteiger partial charge in [-0.1, -0.05) is 19.1 Å². The lowest BCUT2D eigenvalue weighted by atomic mass is 10.1. The number of hydrogen-bond acceptors (Lipinski definition) is 3. The van der Waals surface area contributed by atoms with Crippen molar-refractivity contribution >= 4 is 11.8 Å². The molecule has 0 fully saturated rings. The Hall–Kier alpha value is -0.670. The summed E-state index contributed by atoms with van der Waals surface area (Å²) in [6.45, 7) is 8.12. The normalized spacial score (nSPS) is 10.6. The van der Waals surface area contributed by atoms with Crippen LogP contribution in [0, 0.1) is 13.8 Å². The summed E-state index contributed by atoms with van der Waals surface area (Å²) < 4.78 is 5.86. The van der Waals surface area contributed by atoms with Crippen molar-refractivity contribution in [2.45, 2.75) is 27.3 Å². The van der Waals surface area contributed by atoms with Crippen LogP contribution in [0.4, 0.5) is 0 Å². The maximum Gasteiger partial charge on any atom is 0.125 e. The highest BCUT2D eigenvalue weighted by Crippen LogP contribution is 2.25. The number of benzene rings is 1. The Morgan fingerprint density at radius 1 is 1.24 bits per heavy atom. The fraction of sp³-hybridized carbons (Fsp3) is 0.571. The van der Waals surface area contributed by atoms with Gasteiger partial charge in [-0.05, 0) is 43.3 Å². The summed E-state index contributed by atoms with van der Waals surface area (Å²) in [4.78, 5) is 0. The van der Waals surface area contributed by atoms with E-state index >= 15 is 0 Å². The Morgan fingerprint density at radius 2 is 1.88 bits per heavy atom. The molecule has 2 nitrogen and oxygen atoms in total. The molecule has 0 atom stereocenters. The van der Waals surface area contributed by atoms with E-state index in [1.807, 2.05) is 18.8 Å². The van der Waals surface area contributed by atoms with Crippen LogP contribution in [0.2, 0.25) is 0 Å². The van der Waals surface area contributed by atoms with Crippen molar-refractivity contribution in [3.05, 3.63) is 28.8 Å². The van der Waals surface area contributed by atoms with Gasteiger partial charge in [-0.3, -0.25) is 0 Å². The van der Waals surface area contributed by atoms with Gasteiger partial charge >= 0.3 is 0 Å². The van der Waals surface area contributed by atoms with E-state index in [0.717, 1.165) is 30.4 Å². The molecule has 0 spiro atoms. The molecule has 17 heavy (non-hydrogen) atoms. The third kappa shape index (κ3) is 4.60. The summed E-state index contributed by atoms with van der Waals surface area (Å²) in [5, 5.41) is 3.17. The smallest absolute Gasteiger partial charge is 0.125 e. The van der Waals surface area contributed by atoms with Crippen molar-refractivity contribution in [3.8, 4) is 5.75 Å². The van der Waals surface area contributed by atoms with E-state index in [1.54, 1.807) is 0 Å². The molecule has 3 heteroatoms. The maximum absolute atomic E-state index is 5.86. The molecule has 1 N–H and O–H groups in total. The first-order chi connectivity index (χ1) is 8.19. The summed E-state index contributed by atoms with van der Waals surface area (Å²) in [5.74, 6) is 3.28. The summed E-state index contributed by atoms with van der Waals surface area (Å²) in [6, 6.07) is 4.40. The van der Waals surface area contributed by atoms with E-state index in [1.165, 1.54) is 16.7 Å². The van der Waals surface area contributed by atoms with Gasteiger partial charge in [-0.15, -0.1) is 0 Å². The van der Waals surface area contributed by atoms with Gasteiger partial charge < -0.3 is 10.1 Å². The largest absolute Gasteiger partial charge is 0.492 e. The first-order valence-electron chi connectivity index (χ1n) is 6.14. The molecule has 0 aromatic heterocycles. The van der Waals surface area contributed by atoms with Gasteiger partial charge in [0, 0.05) is 12.3 Å². The van der Waals surface area contributed by atoms with E-state index in [-0.39, 0.29) is 0 Å². The van der Waals surface area contributed by atoms with Gasteiger partial charge in [-0.25, -0.2) is 0 Å². The topological polar surface area (TPSA) is 21.3 Å². The third-order valence-electron chi connectivity index (χ3n) is 2.58. The van der Waals surface area contributed by atoms with Crippen LogP contribution in [0.3, 0.4) is 0 Å². The molecule has 1 aromatic rings. The van der Waals surface area contributed by atoms with Crippen LogP contribution in [0.1, 0.15) is 23.6 Å². The predicted molar refractivity (Wildman–Crippen MR) is 77.2 cm³/mol. The Morgan fingerprint density at radius 3 is 2.41 bits per heavy atom. The molecular weight excluding hydrogens is 230 g/mol. The van der Waals surface area contributed by atoms with E-state index in [4.69, 9.17) is 4.74 Å². The number of hydrogen-bond donors (Lipinski definition) is 1. The highest BCUT2D eigenvalue weighted by atomic mass is 32.2. The standard InChI is InChI=1S/C14H23NOS/c1-5-17-7-6-16-14-11(2)8-13(10-15-4)9-12(14)3/h8-9,15H,5-7,10H2,1-4H3. The Labute approximate surface area is 109 Å². The van der Waals surface area contributed by atoms with Crippen LogP contribution < -0.4 is 10.1 Å². The third-order valence-corrected chi connectivity index (χ3v) is 3.44. The van der Waals surface area contributed by atoms with Crippen LogP contribution >= 0.6 is 11.8 Å². The van der Waals surface area contributed by atoms with Gasteiger partial charge in [0.25, 0.3) is 0 Å². The van der Waals surface area contributed by atoms with Gasteiger partial charge in [0.1, 0.15) is 5.75 Å². The highest BCUT2D eigenvalue weighted by Gasteiger charge is 2.06. The number of ether oxygens (including phenoxy) is 1. The molecular formula is C14H23NOS. The second-order valence-electron chi connectivity index (χ2n) is 4.13. The van der Waals surface area contributed by atoms with Crippen molar-refractivity contribution in [2.75, 3.05) is 25.2 Å². The zero-order valence-corrected chi connectivity index (χ0v) is 12.1. The van der Waals surface area contributed by atoms with Crippen LogP contribution in [0.15, 0.2) is 12.1 Å². The lowest BCUT2D eigenvalue weighted by molar-refractivity contribution is 0.339. The maximum atomic E-state index is 5.86. The van der Waals surface area contributed by atoms with Crippen LogP contribution in [-0.2, 0) is 6.54 Å². The molecule has 96 valence electrons. The van der Waals surface area contributed by atoms with Gasteiger partial charge in [-0.2, -0.15) is 11.8 Å². The molecule has 0 aliphatic rings. The number of rotatable bonds is 7.